The minimum Gasteiger partial charge on any atom is -0.303 e. The first-order chi connectivity index (χ1) is 4.27. The van der Waals surface area contributed by atoms with Gasteiger partial charge < -0.3 is 4.79 Å². The molecule has 1 aliphatic rings. The van der Waals surface area contributed by atoms with Gasteiger partial charge in [-0.2, -0.15) is 0 Å². The van der Waals surface area contributed by atoms with Crippen molar-refractivity contribution in [1.82, 2.24) is 0 Å². The van der Waals surface area contributed by atoms with E-state index in [2.05, 4.69) is 0 Å². The molecule has 0 radical (unpaired) electrons. The van der Waals surface area contributed by atoms with Crippen molar-refractivity contribution in [2.45, 2.75) is 37.8 Å². The molecule has 0 spiro atoms. The fraction of sp³-hybridized carbons (Fsp3) is 0.857. The zero-order valence-electron chi connectivity index (χ0n) is 5.40. The van der Waals surface area contributed by atoms with Crippen molar-refractivity contribution in [3.8, 4) is 0 Å². The molecule has 9 heavy (non-hydrogen) atoms. The second kappa shape index (κ2) is 2.46. The second-order valence-electron chi connectivity index (χ2n) is 2.73. The summed E-state index contributed by atoms with van der Waals surface area (Å²) >= 11 is 0. The van der Waals surface area contributed by atoms with Crippen LogP contribution in [-0.2, 0) is 4.79 Å². The maximum Gasteiger partial charge on any atom is 0.123 e. The van der Waals surface area contributed by atoms with Gasteiger partial charge in [-0.1, -0.05) is 12.8 Å². The van der Waals surface area contributed by atoms with E-state index in [9.17, 15) is 9.18 Å². The molecule has 0 N–H and O–H groups in total. The summed E-state index contributed by atoms with van der Waals surface area (Å²) in [6.07, 6.45) is 3.87. The Labute approximate surface area is 54.3 Å². The Kier molecular flexibility index (Phi) is 1.84. The molecule has 0 aromatic carbocycles. The van der Waals surface area contributed by atoms with Crippen LogP contribution in [0.15, 0.2) is 0 Å². The van der Waals surface area contributed by atoms with Crippen LogP contribution in [0, 0.1) is 0 Å². The SMILES string of the molecule is O=CCC1(F)CCCC1. The van der Waals surface area contributed by atoms with Crippen LogP contribution in [0.5, 0.6) is 0 Å². The summed E-state index contributed by atoms with van der Waals surface area (Å²) in [6, 6.07) is 0. The van der Waals surface area contributed by atoms with Crippen LogP contribution in [0.25, 0.3) is 0 Å². The smallest absolute Gasteiger partial charge is 0.123 e. The average molecular weight is 130 g/mol. The summed E-state index contributed by atoms with van der Waals surface area (Å²) in [6.45, 7) is 0. The lowest BCUT2D eigenvalue weighted by Gasteiger charge is -2.13. The molecule has 0 amide bonds. The molecule has 0 aliphatic heterocycles. The highest BCUT2D eigenvalue weighted by Crippen LogP contribution is 2.35. The number of aldehydes is 1. The molecule has 52 valence electrons. The Hall–Kier alpha value is -0.400. The Morgan fingerprint density at radius 2 is 2.00 bits per heavy atom. The molecule has 2 heteroatoms. The van der Waals surface area contributed by atoms with Gasteiger partial charge in [-0.3, -0.25) is 0 Å². The number of carbonyl (C=O) groups excluding carboxylic acids is 1. The van der Waals surface area contributed by atoms with Crippen LogP contribution in [-0.4, -0.2) is 12.0 Å². The number of hydrogen-bond acceptors (Lipinski definition) is 1. The van der Waals surface area contributed by atoms with Crippen molar-refractivity contribution in [3.63, 3.8) is 0 Å². The lowest BCUT2D eigenvalue weighted by molar-refractivity contribution is -0.110. The highest BCUT2D eigenvalue weighted by molar-refractivity contribution is 5.51. The summed E-state index contributed by atoms with van der Waals surface area (Å²) < 4.78 is 13.1. The third kappa shape index (κ3) is 1.50. The zero-order chi connectivity index (χ0) is 6.74. The van der Waals surface area contributed by atoms with E-state index < -0.39 is 5.67 Å². The van der Waals surface area contributed by atoms with Gasteiger partial charge in [0.05, 0.1) is 0 Å². The van der Waals surface area contributed by atoms with Crippen molar-refractivity contribution < 1.29 is 9.18 Å². The molecule has 0 atom stereocenters. The fourth-order valence-corrected chi connectivity index (χ4v) is 1.36. The molecule has 0 unspecified atom stereocenters. The van der Waals surface area contributed by atoms with E-state index in [1.165, 1.54) is 0 Å². The van der Waals surface area contributed by atoms with Gasteiger partial charge in [-0.15, -0.1) is 0 Å². The second-order valence-corrected chi connectivity index (χ2v) is 2.73. The third-order valence-electron chi connectivity index (χ3n) is 1.95. The topological polar surface area (TPSA) is 17.1 Å². The zero-order valence-corrected chi connectivity index (χ0v) is 5.40. The predicted octanol–water partition coefficient (Wildman–Crippen LogP) is 1.86. The molecule has 0 heterocycles. The maximum absolute atomic E-state index is 13.1. The molecule has 1 aliphatic carbocycles. The van der Waals surface area contributed by atoms with Gasteiger partial charge in [0.1, 0.15) is 12.0 Å². The third-order valence-corrected chi connectivity index (χ3v) is 1.95. The molecular weight excluding hydrogens is 119 g/mol. The van der Waals surface area contributed by atoms with Crippen molar-refractivity contribution in [2.24, 2.45) is 0 Å². The van der Waals surface area contributed by atoms with Crippen LogP contribution in [0.2, 0.25) is 0 Å². The Balaban J connectivity index is 2.40. The summed E-state index contributed by atoms with van der Waals surface area (Å²) in [5.74, 6) is 0. The lowest BCUT2D eigenvalue weighted by Crippen LogP contribution is -2.17. The summed E-state index contributed by atoms with van der Waals surface area (Å²) in [7, 11) is 0. The minimum atomic E-state index is -1.12. The highest BCUT2D eigenvalue weighted by Gasteiger charge is 2.32. The Bertz CT molecular complexity index is 105. The molecule has 1 saturated carbocycles. The average Bonchev–Trinajstić information content (AvgIpc) is 2.16. The molecule has 1 nitrogen and oxygen atoms in total. The van der Waals surface area contributed by atoms with Gasteiger partial charge in [-0.05, 0) is 12.8 Å². The van der Waals surface area contributed by atoms with Crippen molar-refractivity contribution in [1.29, 1.82) is 0 Å². The molecule has 0 aromatic rings. The minimum absolute atomic E-state index is 0.104. The van der Waals surface area contributed by atoms with Crippen molar-refractivity contribution in [2.75, 3.05) is 0 Å². The molecule has 0 aromatic heterocycles. The monoisotopic (exact) mass is 130 g/mol. The number of alkyl halides is 1. The van der Waals surface area contributed by atoms with Crippen LogP contribution >= 0.6 is 0 Å². The van der Waals surface area contributed by atoms with Gasteiger partial charge in [0.25, 0.3) is 0 Å². The highest BCUT2D eigenvalue weighted by atomic mass is 19.1. The molecule has 0 saturated heterocycles. The molecule has 0 bridgehead atoms. The Morgan fingerprint density at radius 1 is 1.44 bits per heavy atom. The fourth-order valence-electron chi connectivity index (χ4n) is 1.36. The van der Waals surface area contributed by atoms with E-state index in [-0.39, 0.29) is 6.42 Å². The van der Waals surface area contributed by atoms with Crippen molar-refractivity contribution in [3.05, 3.63) is 0 Å². The van der Waals surface area contributed by atoms with Crippen molar-refractivity contribution >= 4 is 6.29 Å². The van der Waals surface area contributed by atoms with Gasteiger partial charge in [0.15, 0.2) is 0 Å². The Morgan fingerprint density at radius 3 is 2.44 bits per heavy atom. The van der Waals surface area contributed by atoms with E-state index in [0.717, 1.165) is 12.8 Å². The molecular formula is C7H11FO. The predicted molar refractivity (Wildman–Crippen MR) is 33.0 cm³/mol. The number of halogens is 1. The van der Waals surface area contributed by atoms with E-state index in [4.69, 9.17) is 0 Å². The van der Waals surface area contributed by atoms with Gasteiger partial charge in [-0.25, -0.2) is 4.39 Å². The lowest BCUT2D eigenvalue weighted by atomic mass is 10.0. The van der Waals surface area contributed by atoms with E-state index in [0.29, 0.717) is 19.1 Å². The van der Waals surface area contributed by atoms with Crippen LogP contribution in [0.3, 0.4) is 0 Å². The van der Waals surface area contributed by atoms with E-state index in [1.54, 1.807) is 0 Å². The number of rotatable bonds is 2. The summed E-state index contributed by atoms with van der Waals surface area (Å²) in [4.78, 5) is 9.93. The van der Waals surface area contributed by atoms with Crippen LogP contribution < -0.4 is 0 Å². The largest absolute Gasteiger partial charge is 0.303 e. The summed E-state index contributed by atoms with van der Waals surface area (Å²) in [5.41, 5.74) is -1.12. The van der Waals surface area contributed by atoms with E-state index >= 15 is 0 Å². The first kappa shape index (κ1) is 6.72. The van der Waals surface area contributed by atoms with Crippen LogP contribution in [0.4, 0.5) is 4.39 Å². The van der Waals surface area contributed by atoms with Gasteiger partial charge >= 0.3 is 0 Å². The quantitative estimate of drug-likeness (QED) is 0.521. The number of carbonyl (C=O) groups is 1. The maximum atomic E-state index is 13.1. The first-order valence-electron chi connectivity index (χ1n) is 3.39. The molecule has 1 rings (SSSR count). The normalized spacial score (nSPS) is 24.1. The number of hydrogen-bond donors (Lipinski definition) is 0. The van der Waals surface area contributed by atoms with Gasteiger partial charge in [0.2, 0.25) is 0 Å². The first-order valence-corrected chi connectivity index (χ1v) is 3.39. The molecule has 1 fully saturated rings. The van der Waals surface area contributed by atoms with Gasteiger partial charge in [0, 0.05) is 6.42 Å². The van der Waals surface area contributed by atoms with Crippen LogP contribution in [0.1, 0.15) is 32.1 Å². The summed E-state index contributed by atoms with van der Waals surface area (Å²) in [5, 5.41) is 0. The standard InChI is InChI=1S/C7H11FO/c8-7(5-6-9)3-1-2-4-7/h6H,1-5H2. The van der Waals surface area contributed by atoms with E-state index in [1.807, 2.05) is 0 Å².